The molecule has 0 bridgehead atoms. The van der Waals surface area contributed by atoms with Gasteiger partial charge in [-0.05, 0) is 5.56 Å². The van der Waals surface area contributed by atoms with Gasteiger partial charge in [0.05, 0.1) is 12.2 Å². The number of sulfonamides is 1. The minimum Gasteiger partial charge on any atom is -0.329 e. The zero-order chi connectivity index (χ0) is 12.2. The van der Waals surface area contributed by atoms with E-state index in [4.69, 9.17) is 5.73 Å². The average molecular weight is 242 g/mol. The van der Waals surface area contributed by atoms with Crippen LogP contribution in [0.15, 0.2) is 30.3 Å². The van der Waals surface area contributed by atoms with E-state index in [1.54, 1.807) is 24.3 Å². The van der Waals surface area contributed by atoms with E-state index >= 15 is 0 Å². The highest BCUT2D eigenvalue weighted by molar-refractivity contribution is 7.89. The van der Waals surface area contributed by atoms with Gasteiger partial charge in [0.2, 0.25) is 15.9 Å². The molecule has 0 saturated carbocycles. The van der Waals surface area contributed by atoms with E-state index in [9.17, 15) is 13.2 Å². The fourth-order valence-electron chi connectivity index (χ4n) is 1.33. The molecule has 1 unspecified atom stereocenters. The number of nitrogens with one attached hydrogen (secondary N) is 1. The summed E-state index contributed by atoms with van der Waals surface area (Å²) in [5, 5.41) is 0. The standard InChI is InChI=1S/C10H14N2O3S/c1-16(14,15)12-10(13)9(7-11)8-5-3-2-4-6-8/h2-6,9H,7,11H2,1H3,(H,12,13). The van der Waals surface area contributed by atoms with Gasteiger partial charge in [-0.15, -0.1) is 0 Å². The fraction of sp³-hybridized carbons (Fsp3) is 0.300. The summed E-state index contributed by atoms with van der Waals surface area (Å²) in [4.78, 5) is 11.6. The van der Waals surface area contributed by atoms with Crippen LogP contribution in [-0.4, -0.2) is 27.1 Å². The lowest BCUT2D eigenvalue weighted by molar-refractivity contribution is -0.120. The largest absolute Gasteiger partial charge is 0.329 e. The molecule has 88 valence electrons. The van der Waals surface area contributed by atoms with Crippen LogP contribution in [0.25, 0.3) is 0 Å². The minimum atomic E-state index is -3.54. The summed E-state index contributed by atoms with van der Waals surface area (Å²) in [6.45, 7) is 0.0609. The van der Waals surface area contributed by atoms with E-state index in [2.05, 4.69) is 0 Å². The third kappa shape index (κ3) is 3.63. The first-order valence-electron chi connectivity index (χ1n) is 4.70. The van der Waals surface area contributed by atoms with Crippen molar-refractivity contribution < 1.29 is 13.2 Å². The Bertz CT molecular complexity index is 456. The molecule has 1 rings (SSSR count). The molecule has 1 aromatic carbocycles. The topological polar surface area (TPSA) is 89.3 Å². The fourth-order valence-corrected chi connectivity index (χ4v) is 1.84. The van der Waals surface area contributed by atoms with Crippen molar-refractivity contribution in [2.75, 3.05) is 12.8 Å². The molecule has 0 aliphatic carbocycles. The van der Waals surface area contributed by atoms with Gasteiger partial charge in [-0.2, -0.15) is 0 Å². The second-order valence-electron chi connectivity index (χ2n) is 3.44. The van der Waals surface area contributed by atoms with Gasteiger partial charge in [0.25, 0.3) is 0 Å². The zero-order valence-corrected chi connectivity index (χ0v) is 9.70. The van der Waals surface area contributed by atoms with E-state index in [0.29, 0.717) is 5.56 Å². The van der Waals surface area contributed by atoms with E-state index in [-0.39, 0.29) is 6.54 Å². The van der Waals surface area contributed by atoms with Crippen molar-refractivity contribution in [3.05, 3.63) is 35.9 Å². The predicted molar refractivity (Wildman–Crippen MR) is 61.2 cm³/mol. The summed E-state index contributed by atoms with van der Waals surface area (Å²) in [6, 6.07) is 8.82. The maximum atomic E-state index is 11.6. The van der Waals surface area contributed by atoms with Crippen molar-refractivity contribution in [2.24, 2.45) is 5.73 Å². The first kappa shape index (κ1) is 12.7. The number of carbonyl (C=O) groups excluding carboxylic acids is 1. The smallest absolute Gasteiger partial charge is 0.242 e. The minimum absolute atomic E-state index is 0.0609. The first-order chi connectivity index (χ1) is 7.44. The van der Waals surface area contributed by atoms with Crippen molar-refractivity contribution in [2.45, 2.75) is 5.92 Å². The highest BCUT2D eigenvalue weighted by Gasteiger charge is 2.21. The number of hydrogen-bond donors (Lipinski definition) is 2. The number of carbonyl (C=O) groups is 1. The van der Waals surface area contributed by atoms with Crippen LogP contribution in [-0.2, 0) is 14.8 Å². The van der Waals surface area contributed by atoms with Crippen LogP contribution in [0.4, 0.5) is 0 Å². The van der Waals surface area contributed by atoms with E-state index in [1.807, 2.05) is 10.8 Å². The molecule has 0 aliphatic heterocycles. The molecule has 0 spiro atoms. The van der Waals surface area contributed by atoms with Crippen LogP contribution in [0.5, 0.6) is 0 Å². The molecule has 3 N–H and O–H groups in total. The Hall–Kier alpha value is -1.40. The summed E-state index contributed by atoms with van der Waals surface area (Å²) in [7, 11) is -3.54. The Labute approximate surface area is 94.7 Å². The molecule has 6 heteroatoms. The second-order valence-corrected chi connectivity index (χ2v) is 5.19. The molecule has 0 heterocycles. The van der Waals surface area contributed by atoms with E-state index in [0.717, 1.165) is 6.26 Å². The molecule has 0 aliphatic rings. The van der Waals surface area contributed by atoms with Crippen LogP contribution >= 0.6 is 0 Å². The lowest BCUT2D eigenvalue weighted by Gasteiger charge is -2.13. The molecule has 0 fully saturated rings. The summed E-state index contributed by atoms with van der Waals surface area (Å²) < 4.78 is 23.8. The van der Waals surface area contributed by atoms with Crippen molar-refractivity contribution in [3.8, 4) is 0 Å². The van der Waals surface area contributed by atoms with Crippen LogP contribution in [0.3, 0.4) is 0 Å². The molecule has 1 atom stereocenters. The highest BCUT2D eigenvalue weighted by atomic mass is 32.2. The third-order valence-electron chi connectivity index (χ3n) is 2.04. The van der Waals surface area contributed by atoms with E-state index < -0.39 is 21.8 Å². The Balaban J connectivity index is 2.88. The first-order valence-corrected chi connectivity index (χ1v) is 6.60. The van der Waals surface area contributed by atoms with Crippen molar-refractivity contribution in [3.63, 3.8) is 0 Å². The molecular weight excluding hydrogens is 228 g/mol. The Morgan fingerprint density at radius 3 is 2.38 bits per heavy atom. The molecule has 0 radical (unpaired) electrons. The van der Waals surface area contributed by atoms with Gasteiger partial charge in [-0.25, -0.2) is 8.42 Å². The number of rotatable bonds is 4. The van der Waals surface area contributed by atoms with Gasteiger partial charge in [-0.3, -0.25) is 9.52 Å². The van der Waals surface area contributed by atoms with Crippen LogP contribution in [0.2, 0.25) is 0 Å². The zero-order valence-electron chi connectivity index (χ0n) is 8.88. The van der Waals surface area contributed by atoms with Gasteiger partial charge < -0.3 is 5.73 Å². The predicted octanol–water partition coefficient (Wildman–Crippen LogP) is -0.195. The number of benzene rings is 1. The van der Waals surface area contributed by atoms with Crippen molar-refractivity contribution >= 4 is 15.9 Å². The Morgan fingerprint density at radius 1 is 1.38 bits per heavy atom. The maximum absolute atomic E-state index is 11.6. The molecule has 1 amide bonds. The number of nitrogens with two attached hydrogens (primary N) is 1. The highest BCUT2D eigenvalue weighted by Crippen LogP contribution is 2.14. The molecule has 0 saturated heterocycles. The quantitative estimate of drug-likeness (QED) is 0.765. The Morgan fingerprint density at radius 2 is 1.94 bits per heavy atom. The molecular formula is C10H14N2O3S. The molecule has 5 nitrogen and oxygen atoms in total. The van der Waals surface area contributed by atoms with Gasteiger partial charge >= 0.3 is 0 Å². The molecule has 16 heavy (non-hydrogen) atoms. The second kappa shape index (κ2) is 5.09. The van der Waals surface area contributed by atoms with Gasteiger partial charge in [-0.1, -0.05) is 30.3 Å². The lowest BCUT2D eigenvalue weighted by atomic mass is 9.99. The lowest BCUT2D eigenvalue weighted by Crippen LogP contribution is -2.36. The molecule has 1 aromatic rings. The van der Waals surface area contributed by atoms with E-state index in [1.165, 1.54) is 0 Å². The number of amides is 1. The summed E-state index contributed by atoms with van der Waals surface area (Å²) in [6.07, 6.45) is 0.934. The van der Waals surface area contributed by atoms with Crippen molar-refractivity contribution in [1.29, 1.82) is 0 Å². The normalized spacial score (nSPS) is 13.1. The molecule has 0 aromatic heterocycles. The monoisotopic (exact) mass is 242 g/mol. The van der Waals surface area contributed by atoms with Crippen LogP contribution < -0.4 is 10.5 Å². The number of hydrogen-bond acceptors (Lipinski definition) is 4. The summed E-state index contributed by atoms with van der Waals surface area (Å²) in [5.74, 6) is -1.24. The maximum Gasteiger partial charge on any atom is 0.242 e. The summed E-state index contributed by atoms with van der Waals surface area (Å²) >= 11 is 0. The van der Waals surface area contributed by atoms with Gasteiger partial charge in [0.1, 0.15) is 0 Å². The Kier molecular flexibility index (Phi) is 4.03. The van der Waals surface area contributed by atoms with Gasteiger partial charge in [0, 0.05) is 6.54 Å². The summed E-state index contributed by atoms with van der Waals surface area (Å²) in [5.41, 5.74) is 6.17. The third-order valence-corrected chi connectivity index (χ3v) is 2.61. The average Bonchev–Trinajstić information content (AvgIpc) is 2.17. The van der Waals surface area contributed by atoms with Crippen LogP contribution in [0.1, 0.15) is 11.5 Å². The van der Waals surface area contributed by atoms with Crippen molar-refractivity contribution in [1.82, 2.24) is 4.72 Å². The van der Waals surface area contributed by atoms with Crippen LogP contribution in [0, 0.1) is 0 Å². The SMILES string of the molecule is CS(=O)(=O)NC(=O)C(CN)c1ccccc1. The van der Waals surface area contributed by atoms with Gasteiger partial charge in [0.15, 0.2) is 0 Å².